The van der Waals surface area contributed by atoms with Crippen LogP contribution in [0.2, 0.25) is 0 Å². The molecule has 2 N–H and O–H groups in total. The number of anilines is 1. The molecule has 0 fully saturated rings. The number of hydrogen-bond acceptors (Lipinski definition) is 4. The first-order valence-corrected chi connectivity index (χ1v) is 7.34. The third kappa shape index (κ3) is 3.55. The first-order chi connectivity index (χ1) is 10.3. The fraction of sp³-hybridized carbons (Fsp3) is 0.0667. The van der Waals surface area contributed by atoms with Crippen LogP contribution in [0.3, 0.4) is 0 Å². The van der Waals surface area contributed by atoms with Gasteiger partial charge in [-0.05, 0) is 29.8 Å². The lowest BCUT2D eigenvalue weighted by atomic mass is 10.1. The van der Waals surface area contributed by atoms with Gasteiger partial charge in [-0.2, -0.15) is 5.10 Å². The average Bonchev–Trinajstić information content (AvgIpc) is 3.19. The number of carbonyl (C=O) groups excluding carboxylic acids is 1. The Morgan fingerprint density at radius 3 is 2.76 bits per heavy atom. The van der Waals surface area contributed by atoms with Crippen LogP contribution in [0.15, 0.2) is 64.4 Å². The summed E-state index contributed by atoms with van der Waals surface area (Å²) in [7, 11) is 0. The molecular formula is C15H13N3O2S. The SMILES string of the molecule is O=C(CSc1ccoc1)Nc1ccc(-c2ccn[nH]2)cc1. The van der Waals surface area contributed by atoms with Crippen LogP contribution >= 0.6 is 11.8 Å². The monoisotopic (exact) mass is 299 g/mol. The Bertz CT molecular complexity index is 691. The number of furan rings is 1. The molecule has 0 radical (unpaired) electrons. The number of carbonyl (C=O) groups is 1. The molecule has 0 bridgehead atoms. The summed E-state index contributed by atoms with van der Waals surface area (Å²) >= 11 is 1.44. The van der Waals surface area contributed by atoms with Gasteiger partial charge in [0, 0.05) is 16.8 Å². The topological polar surface area (TPSA) is 70.9 Å². The number of nitrogens with one attached hydrogen (secondary N) is 2. The van der Waals surface area contributed by atoms with E-state index in [9.17, 15) is 4.79 Å². The van der Waals surface area contributed by atoms with Crippen LogP contribution in [0.4, 0.5) is 5.69 Å². The third-order valence-corrected chi connectivity index (χ3v) is 3.82. The highest BCUT2D eigenvalue weighted by Gasteiger charge is 2.05. The van der Waals surface area contributed by atoms with E-state index in [0.717, 1.165) is 21.8 Å². The summed E-state index contributed by atoms with van der Waals surface area (Å²) in [6.45, 7) is 0. The summed E-state index contributed by atoms with van der Waals surface area (Å²) in [5.41, 5.74) is 2.75. The van der Waals surface area contributed by atoms with E-state index in [1.165, 1.54) is 11.8 Å². The first-order valence-electron chi connectivity index (χ1n) is 6.36. The van der Waals surface area contributed by atoms with Crippen LogP contribution in [-0.4, -0.2) is 21.9 Å². The molecule has 0 aliphatic carbocycles. The number of hydrogen-bond donors (Lipinski definition) is 2. The summed E-state index contributed by atoms with van der Waals surface area (Å²) in [6, 6.07) is 11.3. The molecule has 0 aliphatic heterocycles. The van der Waals surface area contributed by atoms with Crippen molar-refractivity contribution in [2.45, 2.75) is 4.90 Å². The number of thioether (sulfide) groups is 1. The molecule has 21 heavy (non-hydrogen) atoms. The molecule has 1 amide bonds. The molecule has 1 aromatic carbocycles. The first kappa shape index (κ1) is 13.5. The Kier molecular flexibility index (Phi) is 4.07. The maximum atomic E-state index is 11.8. The minimum atomic E-state index is -0.0458. The largest absolute Gasteiger partial charge is 0.471 e. The van der Waals surface area contributed by atoms with Gasteiger partial charge in [-0.25, -0.2) is 0 Å². The van der Waals surface area contributed by atoms with Crippen LogP contribution in [0, 0.1) is 0 Å². The van der Waals surface area contributed by atoms with Gasteiger partial charge in [0.15, 0.2) is 0 Å². The maximum absolute atomic E-state index is 11.8. The highest BCUT2D eigenvalue weighted by atomic mass is 32.2. The van der Waals surface area contributed by atoms with Crippen molar-refractivity contribution in [2.24, 2.45) is 0 Å². The molecule has 0 unspecified atom stereocenters. The van der Waals surface area contributed by atoms with E-state index in [2.05, 4.69) is 15.5 Å². The number of amides is 1. The van der Waals surface area contributed by atoms with Gasteiger partial charge in [0.2, 0.25) is 5.91 Å². The van der Waals surface area contributed by atoms with Gasteiger partial charge in [0.25, 0.3) is 0 Å². The summed E-state index contributed by atoms with van der Waals surface area (Å²) in [6.07, 6.45) is 4.92. The highest BCUT2D eigenvalue weighted by molar-refractivity contribution is 8.00. The molecule has 2 heterocycles. The number of H-pyrrole nitrogens is 1. The molecule has 6 heteroatoms. The van der Waals surface area contributed by atoms with Crippen molar-refractivity contribution in [3.05, 3.63) is 55.1 Å². The number of benzene rings is 1. The van der Waals surface area contributed by atoms with E-state index < -0.39 is 0 Å². The van der Waals surface area contributed by atoms with Crippen molar-refractivity contribution in [2.75, 3.05) is 11.1 Å². The molecule has 106 valence electrons. The third-order valence-electron chi connectivity index (χ3n) is 2.85. The van der Waals surface area contributed by atoms with Crippen LogP contribution in [0.25, 0.3) is 11.3 Å². The zero-order valence-corrected chi connectivity index (χ0v) is 11.9. The van der Waals surface area contributed by atoms with Crippen molar-refractivity contribution in [1.82, 2.24) is 10.2 Å². The van der Waals surface area contributed by atoms with Crippen LogP contribution in [-0.2, 0) is 4.79 Å². The molecule has 3 aromatic rings. The second-order valence-corrected chi connectivity index (χ2v) is 5.39. The quantitative estimate of drug-likeness (QED) is 0.708. The van der Waals surface area contributed by atoms with Gasteiger partial charge in [-0.1, -0.05) is 12.1 Å². The van der Waals surface area contributed by atoms with E-state index in [4.69, 9.17) is 4.42 Å². The maximum Gasteiger partial charge on any atom is 0.234 e. The molecule has 0 spiro atoms. The van der Waals surface area contributed by atoms with Crippen molar-refractivity contribution < 1.29 is 9.21 Å². The summed E-state index contributed by atoms with van der Waals surface area (Å²) in [4.78, 5) is 12.8. The van der Waals surface area contributed by atoms with Gasteiger partial charge in [0.05, 0.1) is 17.7 Å². The summed E-state index contributed by atoms with van der Waals surface area (Å²) < 4.78 is 4.95. The van der Waals surface area contributed by atoms with E-state index in [1.54, 1.807) is 18.7 Å². The second kappa shape index (κ2) is 6.32. The summed E-state index contributed by atoms with van der Waals surface area (Å²) in [5.74, 6) is 0.303. The van der Waals surface area contributed by atoms with E-state index in [0.29, 0.717) is 5.75 Å². The standard InChI is InChI=1S/C15H13N3O2S/c19-15(10-21-13-6-8-20-9-13)17-12-3-1-11(2-4-12)14-5-7-16-18-14/h1-9H,10H2,(H,16,18)(H,17,19). The number of rotatable bonds is 5. The van der Waals surface area contributed by atoms with Gasteiger partial charge >= 0.3 is 0 Å². The highest BCUT2D eigenvalue weighted by Crippen LogP contribution is 2.20. The lowest BCUT2D eigenvalue weighted by molar-refractivity contribution is -0.113. The summed E-state index contributed by atoms with van der Waals surface area (Å²) in [5, 5.41) is 9.67. The Morgan fingerprint density at radius 2 is 2.10 bits per heavy atom. The Hall–Kier alpha value is -2.47. The van der Waals surface area contributed by atoms with Gasteiger partial charge in [0.1, 0.15) is 6.26 Å². The van der Waals surface area contributed by atoms with Crippen molar-refractivity contribution in [3.63, 3.8) is 0 Å². The zero-order valence-electron chi connectivity index (χ0n) is 11.1. The van der Waals surface area contributed by atoms with Crippen LogP contribution in [0.1, 0.15) is 0 Å². The van der Waals surface area contributed by atoms with Gasteiger partial charge in [-0.3, -0.25) is 9.89 Å². The lowest BCUT2D eigenvalue weighted by Crippen LogP contribution is -2.13. The van der Waals surface area contributed by atoms with Crippen LogP contribution in [0.5, 0.6) is 0 Å². The Morgan fingerprint density at radius 1 is 1.24 bits per heavy atom. The molecular weight excluding hydrogens is 286 g/mol. The van der Waals surface area contributed by atoms with E-state index in [-0.39, 0.29) is 5.91 Å². The number of aromatic nitrogens is 2. The van der Waals surface area contributed by atoms with Crippen molar-refractivity contribution >= 4 is 23.4 Å². The lowest BCUT2D eigenvalue weighted by Gasteiger charge is -2.05. The molecule has 0 saturated heterocycles. The van der Waals surface area contributed by atoms with Gasteiger partial charge < -0.3 is 9.73 Å². The predicted molar refractivity (Wildman–Crippen MR) is 82.1 cm³/mol. The van der Waals surface area contributed by atoms with Crippen molar-refractivity contribution in [1.29, 1.82) is 0 Å². The Labute approximate surface area is 125 Å². The minimum Gasteiger partial charge on any atom is -0.471 e. The van der Waals surface area contributed by atoms with E-state index in [1.807, 2.05) is 36.4 Å². The Balaban J connectivity index is 1.56. The molecule has 0 atom stereocenters. The fourth-order valence-electron chi connectivity index (χ4n) is 1.83. The molecule has 3 rings (SSSR count). The smallest absolute Gasteiger partial charge is 0.234 e. The minimum absolute atomic E-state index is 0.0458. The molecule has 0 saturated carbocycles. The normalized spacial score (nSPS) is 10.5. The second-order valence-electron chi connectivity index (χ2n) is 4.34. The van der Waals surface area contributed by atoms with Crippen LogP contribution < -0.4 is 5.32 Å². The van der Waals surface area contributed by atoms with E-state index >= 15 is 0 Å². The molecule has 2 aromatic heterocycles. The van der Waals surface area contributed by atoms with Gasteiger partial charge in [-0.15, -0.1) is 11.8 Å². The number of nitrogens with zero attached hydrogens (tertiary/aromatic N) is 1. The fourth-order valence-corrected chi connectivity index (χ4v) is 2.48. The molecule has 5 nitrogen and oxygen atoms in total. The molecule has 0 aliphatic rings. The zero-order chi connectivity index (χ0) is 14.5. The predicted octanol–water partition coefficient (Wildman–Crippen LogP) is 3.40. The average molecular weight is 299 g/mol. The number of aromatic amines is 1. The van der Waals surface area contributed by atoms with Crippen molar-refractivity contribution in [3.8, 4) is 11.3 Å².